The molecule has 1 heterocycles. The summed E-state index contributed by atoms with van der Waals surface area (Å²) in [5.41, 5.74) is 5.84. The van der Waals surface area contributed by atoms with E-state index >= 15 is 0 Å². The SMILES string of the molecule is CCn1ccc(NC2CCC(N)C2)n1. The normalized spacial score (nSPS) is 26.7. The molecule has 1 fully saturated rings. The van der Waals surface area contributed by atoms with E-state index in [4.69, 9.17) is 5.73 Å². The van der Waals surface area contributed by atoms with Crippen LogP contribution in [-0.4, -0.2) is 21.9 Å². The Morgan fingerprint density at radius 3 is 3.07 bits per heavy atom. The van der Waals surface area contributed by atoms with E-state index in [1.807, 2.05) is 16.9 Å². The van der Waals surface area contributed by atoms with Gasteiger partial charge in [-0.1, -0.05) is 0 Å². The van der Waals surface area contributed by atoms with E-state index in [0.717, 1.165) is 25.2 Å². The molecule has 1 aromatic rings. The van der Waals surface area contributed by atoms with Crippen LogP contribution in [-0.2, 0) is 6.54 Å². The van der Waals surface area contributed by atoms with Gasteiger partial charge in [-0.3, -0.25) is 4.68 Å². The van der Waals surface area contributed by atoms with Gasteiger partial charge in [-0.25, -0.2) is 0 Å². The molecule has 1 aromatic heterocycles. The Morgan fingerprint density at radius 1 is 1.64 bits per heavy atom. The molecule has 14 heavy (non-hydrogen) atoms. The maximum absolute atomic E-state index is 5.84. The standard InChI is InChI=1S/C10H18N4/c1-2-14-6-5-10(13-14)12-9-4-3-8(11)7-9/h5-6,8-9H,2-4,7,11H2,1H3,(H,12,13). The number of hydrogen-bond donors (Lipinski definition) is 2. The average Bonchev–Trinajstić information content (AvgIpc) is 2.76. The molecule has 0 aliphatic heterocycles. The Labute approximate surface area is 84.5 Å². The van der Waals surface area contributed by atoms with Crippen molar-refractivity contribution in [3.05, 3.63) is 12.3 Å². The van der Waals surface area contributed by atoms with Gasteiger partial charge in [0.15, 0.2) is 0 Å². The fraction of sp³-hybridized carbons (Fsp3) is 0.700. The number of hydrogen-bond acceptors (Lipinski definition) is 3. The van der Waals surface area contributed by atoms with E-state index in [2.05, 4.69) is 17.3 Å². The van der Waals surface area contributed by atoms with Crippen LogP contribution in [0.5, 0.6) is 0 Å². The zero-order chi connectivity index (χ0) is 9.97. The molecule has 2 unspecified atom stereocenters. The molecule has 0 spiro atoms. The zero-order valence-electron chi connectivity index (χ0n) is 8.61. The largest absolute Gasteiger partial charge is 0.366 e. The molecular formula is C10H18N4. The molecule has 2 atom stereocenters. The van der Waals surface area contributed by atoms with Gasteiger partial charge in [-0.2, -0.15) is 5.10 Å². The molecule has 0 bridgehead atoms. The van der Waals surface area contributed by atoms with E-state index in [1.54, 1.807) is 0 Å². The second-order valence-electron chi connectivity index (χ2n) is 3.97. The molecular weight excluding hydrogens is 176 g/mol. The molecule has 4 nitrogen and oxygen atoms in total. The highest BCUT2D eigenvalue weighted by molar-refractivity contribution is 5.34. The van der Waals surface area contributed by atoms with Gasteiger partial charge in [0.25, 0.3) is 0 Å². The van der Waals surface area contributed by atoms with Crippen molar-refractivity contribution in [2.75, 3.05) is 5.32 Å². The Morgan fingerprint density at radius 2 is 2.50 bits per heavy atom. The molecule has 1 saturated carbocycles. The van der Waals surface area contributed by atoms with Gasteiger partial charge >= 0.3 is 0 Å². The lowest BCUT2D eigenvalue weighted by Crippen LogP contribution is -2.21. The molecule has 1 aliphatic rings. The highest BCUT2D eigenvalue weighted by atomic mass is 15.3. The van der Waals surface area contributed by atoms with Crippen LogP contribution in [0, 0.1) is 0 Å². The molecule has 0 saturated heterocycles. The van der Waals surface area contributed by atoms with E-state index in [0.29, 0.717) is 12.1 Å². The number of anilines is 1. The van der Waals surface area contributed by atoms with Gasteiger partial charge in [-0.15, -0.1) is 0 Å². The predicted octanol–water partition coefficient (Wildman–Crippen LogP) is 1.19. The molecule has 2 rings (SSSR count). The van der Waals surface area contributed by atoms with Gasteiger partial charge in [0.1, 0.15) is 5.82 Å². The third-order valence-electron chi connectivity index (χ3n) is 2.79. The predicted molar refractivity (Wildman–Crippen MR) is 57.1 cm³/mol. The first kappa shape index (κ1) is 9.52. The first-order chi connectivity index (χ1) is 6.78. The molecule has 1 aliphatic carbocycles. The van der Waals surface area contributed by atoms with Crippen LogP contribution in [0.1, 0.15) is 26.2 Å². The van der Waals surface area contributed by atoms with Gasteiger partial charge in [0.05, 0.1) is 0 Å². The summed E-state index contributed by atoms with van der Waals surface area (Å²) in [5, 5.41) is 7.80. The first-order valence-electron chi connectivity index (χ1n) is 5.33. The van der Waals surface area contributed by atoms with E-state index in [-0.39, 0.29) is 0 Å². The Balaban J connectivity index is 1.90. The zero-order valence-corrected chi connectivity index (χ0v) is 8.61. The summed E-state index contributed by atoms with van der Waals surface area (Å²) in [6.07, 6.45) is 5.36. The van der Waals surface area contributed by atoms with Crippen LogP contribution in [0.25, 0.3) is 0 Å². The summed E-state index contributed by atoms with van der Waals surface area (Å²) in [7, 11) is 0. The molecule has 0 aromatic carbocycles. The number of nitrogens with one attached hydrogen (secondary N) is 1. The van der Waals surface area contributed by atoms with Crippen molar-refractivity contribution in [2.45, 2.75) is 44.8 Å². The summed E-state index contributed by atoms with van der Waals surface area (Å²) < 4.78 is 1.93. The van der Waals surface area contributed by atoms with Crippen molar-refractivity contribution in [3.63, 3.8) is 0 Å². The van der Waals surface area contributed by atoms with Crippen LogP contribution >= 0.6 is 0 Å². The lowest BCUT2D eigenvalue weighted by atomic mass is 10.2. The number of nitrogens with zero attached hydrogens (tertiary/aromatic N) is 2. The molecule has 0 amide bonds. The highest BCUT2D eigenvalue weighted by Crippen LogP contribution is 2.20. The maximum atomic E-state index is 5.84. The summed E-state index contributed by atoms with van der Waals surface area (Å²) in [6, 6.07) is 2.92. The topological polar surface area (TPSA) is 55.9 Å². The maximum Gasteiger partial charge on any atom is 0.148 e. The third kappa shape index (κ3) is 2.07. The average molecular weight is 194 g/mol. The van der Waals surface area contributed by atoms with Crippen molar-refractivity contribution in [1.82, 2.24) is 9.78 Å². The number of nitrogens with two attached hydrogens (primary N) is 1. The Kier molecular flexibility index (Phi) is 2.72. The third-order valence-corrected chi connectivity index (χ3v) is 2.79. The molecule has 0 radical (unpaired) electrons. The van der Waals surface area contributed by atoms with Gasteiger partial charge < -0.3 is 11.1 Å². The highest BCUT2D eigenvalue weighted by Gasteiger charge is 2.21. The van der Waals surface area contributed by atoms with Crippen LogP contribution < -0.4 is 11.1 Å². The van der Waals surface area contributed by atoms with Crippen molar-refractivity contribution < 1.29 is 0 Å². The Bertz CT molecular complexity index is 294. The lowest BCUT2D eigenvalue weighted by Gasteiger charge is -2.10. The summed E-state index contributed by atoms with van der Waals surface area (Å²) in [4.78, 5) is 0. The lowest BCUT2D eigenvalue weighted by molar-refractivity contribution is 0.652. The number of aromatic nitrogens is 2. The van der Waals surface area contributed by atoms with Gasteiger partial charge in [0.2, 0.25) is 0 Å². The summed E-state index contributed by atoms with van der Waals surface area (Å²) >= 11 is 0. The van der Waals surface area contributed by atoms with E-state index < -0.39 is 0 Å². The van der Waals surface area contributed by atoms with Crippen molar-refractivity contribution in [2.24, 2.45) is 5.73 Å². The minimum Gasteiger partial charge on any atom is -0.366 e. The second kappa shape index (κ2) is 4.00. The molecule has 4 heteroatoms. The first-order valence-corrected chi connectivity index (χ1v) is 5.33. The van der Waals surface area contributed by atoms with Crippen molar-refractivity contribution >= 4 is 5.82 Å². The van der Waals surface area contributed by atoms with Crippen LogP contribution in [0.15, 0.2) is 12.3 Å². The Hall–Kier alpha value is -1.03. The van der Waals surface area contributed by atoms with Gasteiger partial charge in [-0.05, 0) is 26.2 Å². The second-order valence-corrected chi connectivity index (χ2v) is 3.97. The minimum atomic E-state index is 0.376. The fourth-order valence-electron chi connectivity index (χ4n) is 1.97. The van der Waals surface area contributed by atoms with Crippen LogP contribution in [0.3, 0.4) is 0 Å². The minimum absolute atomic E-state index is 0.376. The van der Waals surface area contributed by atoms with Gasteiger partial charge in [0, 0.05) is 30.9 Å². The van der Waals surface area contributed by atoms with Crippen molar-refractivity contribution in [1.29, 1.82) is 0 Å². The summed E-state index contributed by atoms with van der Waals surface area (Å²) in [5.74, 6) is 0.978. The van der Waals surface area contributed by atoms with Crippen LogP contribution in [0.2, 0.25) is 0 Å². The monoisotopic (exact) mass is 194 g/mol. The van der Waals surface area contributed by atoms with Crippen LogP contribution in [0.4, 0.5) is 5.82 Å². The fourth-order valence-corrected chi connectivity index (χ4v) is 1.97. The smallest absolute Gasteiger partial charge is 0.148 e. The number of aryl methyl sites for hydroxylation is 1. The summed E-state index contributed by atoms with van der Waals surface area (Å²) in [6.45, 7) is 3.01. The quantitative estimate of drug-likeness (QED) is 0.760. The molecule has 78 valence electrons. The molecule has 3 N–H and O–H groups in total. The van der Waals surface area contributed by atoms with E-state index in [1.165, 1.54) is 6.42 Å². The van der Waals surface area contributed by atoms with E-state index in [9.17, 15) is 0 Å². The van der Waals surface area contributed by atoms with Crippen molar-refractivity contribution in [3.8, 4) is 0 Å². The number of rotatable bonds is 3.